The van der Waals surface area contributed by atoms with E-state index in [1.165, 1.54) is 32.4 Å². The summed E-state index contributed by atoms with van der Waals surface area (Å²) in [5.74, 6) is 0.765. The lowest BCUT2D eigenvalue weighted by molar-refractivity contribution is -0.0374. The van der Waals surface area contributed by atoms with Crippen LogP contribution in [0.5, 0.6) is 0 Å². The Hall–Kier alpha value is -0.0800. The van der Waals surface area contributed by atoms with E-state index < -0.39 is 0 Å². The molecule has 1 saturated heterocycles. The summed E-state index contributed by atoms with van der Waals surface area (Å²) in [6, 6.07) is 0. The van der Waals surface area contributed by atoms with Crippen molar-refractivity contribution < 1.29 is 5.11 Å². The van der Waals surface area contributed by atoms with Gasteiger partial charge in [-0.3, -0.25) is 0 Å². The highest BCUT2D eigenvalue weighted by Gasteiger charge is 2.47. The van der Waals surface area contributed by atoms with Crippen LogP contribution in [0.1, 0.15) is 52.9 Å². The first-order valence-electron chi connectivity index (χ1n) is 6.83. The molecule has 16 heavy (non-hydrogen) atoms. The third-order valence-electron chi connectivity index (χ3n) is 4.88. The van der Waals surface area contributed by atoms with Crippen LogP contribution >= 0.6 is 0 Å². The van der Waals surface area contributed by atoms with Crippen molar-refractivity contribution in [3.63, 3.8) is 0 Å². The standard InChI is InChI=1S/C14H27NO/c1-13(2,3)12-10-15-9-8-14(12)6-4-11(16)5-7-14/h11-12,15-16H,4-10H2,1-3H3. The molecular weight excluding hydrogens is 198 g/mol. The highest BCUT2D eigenvalue weighted by Crippen LogP contribution is 2.52. The molecule has 1 saturated carbocycles. The van der Waals surface area contributed by atoms with Crippen LogP contribution in [0.4, 0.5) is 0 Å². The van der Waals surface area contributed by atoms with Crippen molar-refractivity contribution in [2.24, 2.45) is 16.7 Å². The van der Waals surface area contributed by atoms with Gasteiger partial charge >= 0.3 is 0 Å². The molecule has 2 aliphatic rings. The van der Waals surface area contributed by atoms with Gasteiger partial charge in [0.25, 0.3) is 0 Å². The normalized spacial score (nSPS) is 41.2. The van der Waals surface area contributed by atoms with E-state index in [-0.39, 0.29) is 6.10 Å². The van der Waals surface area contributed by atoms with Gasteiger partial charge in [-0.1, -0.05) is 20.8 Å². The van der Waals surface area contributed by atoms with Crippen molar-refractivity contribution in [3.8, 4) is 0 Å². The number of aliphatic hydroxyl groups excluding tert-OH is 1. The number of piperidine rings is 1. The number of hydrogen-bond donors (Lipinski definition) is 2. The van der Waals surface area contributed by atoms with E-state index in [9.17, 15) is 5.11 Å². The topological polar surface area (TPSA) is 32.3 Å². The summed E-state index contributed by atoms with van der Waals surface area (Å²) >= 11 is 0. The molecule has 0 amide bonds. The van der Waals surface area contributed by atoms with Crippen molar-refractivity contribution in [3.05, 3.63) is 0 Å². The molecule has 1 atom stereocenters. The summed E-state index contributed by atoms with van der Waals surface area (Å²) in [6.45, 7) is 9.45. The highest BCUT2D eigenvalue weighted by molar-refractivity contribution is 4.99. The molecule has 0 aromatic heterocycles. The van der Waals surface area contributed by atoms with Crippen molar-refractivity contribution >= 4 is 0 Å². The number of nitrogens with one attached hydrogen (secondary N) is 1. The van der Waals surface area contributed by atoms with Crippen LogP contribution in [0, 0.1) is 16.7 Å². The van der Waals surface area contributed by atoms with Crippen LogP contribution < -0.4 is 5.32 Å². The van der Waals surface area contributed by atoms with Crippen LogP contribution in [-0.4, -0.2) is 24.3 Å². The van der Waals surface area contributed by atoms with Crippen molar-refractivity contribution in [2.45, 2.75) is 59.0 Å². The van der Waals surface area contributed by atoms with Gasteiger partial charge in [-0.2, -0.15) is 0 Å². The monoisotopic (exact) mass is 225 g/mol. The van der Waals surface area contributed by atoms with Gasteiger partial charge in [-0.15, -0.1) is 0 Å². The summed E-state index contributed by atoms with van der Waals surface area (Å²) in [6.07, 6.45) is 5.79. The van der Waals surface area contributed by atoms with E-state index in [1.54, 1.807) is 0 Å². The van der Waals surface area contributed by atoms with E-state index in [0.29, 0.717) is 10.8 Å². The Morgan fingerprint density at radius 1 is 1.12 bits per heavy atom. The van der Waals surface area contributed by atoms with Gasteiger partial charge in [-0.25, -0.2) is 0 Å². The second kappa shape index (κ2) is 4.30. The van der Waals surface area contributed by atoms with E-state index in [4.69, 9.17) is 0 Å². The van der Waals surface area contributed by atoms with Gasteiger partial charge in [0.1, 0.15) is 0 Å². The zero-order chi connectivity index (χ0) is 11.8. The maximum absolute atomic E-state index is 9.70. The molecule has 2 fully saturated rings. The molecule has 1 unspecified atom stereocenters. The minimum Gasteiger partial charge on any atom is -0.393 e. The molecule has 0 aromatic carbocycles. The van der Waals surface area contributed by atoms with E-state index in [2.05, 4.69) is 26.1 Å². The second-order valence-electron chi connectivity index (χ2n) is 6.97. The van der Waals surface area contributed by atoms with Crippen LogP contribution in [0.25, 0.3) is 0 Å². The molecule has 1 heterocycles. The minimum absolute atomic E-state index is 0.0267. The maximum atomic E-state index is 9.70. The van der Waals surface area contributed by atoms with Gasteiger partial charge in [-0.05, 0) is 61.9 Å². The zero-order valence-electron chi connectivity index (χ0n) is 11.1. The summed E-state index contributed by atoms with van der Waals surface area (Å²) in [5, 5.41) is 13.3. The van der Waals surface area contributed by atoms with Crippen molar-refractivity contribution in [1.82, 2.24) is 5.32 Å². The predicted octanol–water partition coefficient (Wildman–Crippen LogP) is 2.56. The van der Waals surface area contributed by atoms with Crippen LogP contribution in [-0.2, 0) is 0 Å². The molecule has 2 heteroatoms. The highest BCUT2D eigenvalue weighted by atomic mass is 16.3. The third-order valence-corrected chi connectivity index (χ3v) is 4.88. The first-order valence-corrected chi connectivity index (χ1v) is 6.83. The molecule has 1 aliphatic carbocycles. The van der Waals surface area contributed by atoms with Gasteiger partial charge < -0.3 is 10.4 Å². The Morgan fingerprint density at radius 2 is 1.75 bits per heavy atom. The molecule has 94 valence electrons. The largest absolute Gasteiger partial charge is 0.393 e. The molecule has 0 aromatic rings. The van der Waals surface area contributed by atoms with E-state index in [0.717, 1.165) is 18.8 Å². The number of aliphatic hydroxyl groups is 1. The van der Waals surface area contributed by atoms with Gasteiger partial charge in [0.2, 0.25) is 0 Å². The first kappa shape index (κ1) is 12.4. The molecule has 1 aliphatic heterocycles. The fourth-order valence-corrected chi connectivity index (χ4v) is 3.98. The summed E-state index contributed by atoms with van der Waals surface area (Å²) < 4.78 is 0. The van der Waals surface area contributed by atoms with Crippen LogP contribution in [0.3, 0.4) is 0 Å². The van der Waals surface area contributed by atoms with Crippen molar-refractivity contribution in [1.29, 1.82) is 0 Å². The average molecular weight is 225 g/mol. The lowest BCUT2D eigenvalue weighted by Gasteiger charge is -2.53. The van der Waals surface area contributed by atoms with Gasteiger partial charge in [0.05, 0.1) is 6.10 Å². The Labute approximate surface area is 99.8 Å². The molecule has 0 bridgehead atoms. The second-order valence-corrected chi connectivity index (χ2v) is 6.97. The summed E-state index contributed by atoms with van der Waals surface area (Å²) in [4.78, 5) is 0. The quantitative estimate of drug-likeness (QED) is 0.664. The van der Waals surface area contributed by atoms with Crippen molar-refractivity contribution in [2.75, 3.05) is 13.1 Å². The smallest absolute Gasteiger partial charge is 0.0540 e. The SMILES string of the molecule is CC(C)(C)C1CNCCC12CCC(O)CC2. The third kappa shape index (κ3) is 2.28. The average Bonchev–Trinajstić information content (AvgIpc) is 2.22. The molecule has 2 N–H and O–H groups in total. The number of hydrogen-bond acceptors (Lipinski definition) is 2. The Morgan fingerprint density at radius 3 is 2.31 bits per heavy atom. The maximum Gasteiger partial charge on any atom is 0.0540 e. The first-order chi connectivity index (χ1) is 7.44. The fraction of sp³-hybridized carbons (Fsp3) is 1.00. The summed E-state index contributed by atoms with van der Waals surface area (Å²) in [7, 11) is 0. The van der Waals surface area contributed by atoms with E-state index in [1.807, 2.05) is 0 Å². The Bertz CT molecular complexity index is 236. The minimum atomic E-state index is -0.0267. The molecule has 0 radical (unpaired) electrons. The molecular formula is C14H27NO. The molecule has 2 nitrogen and oxygen atoms in total. The molecule has 1 spiro atoms. The van der Waals surface area contributed by atoms with Crippen LogP contribution in [0.15, 0.2) is 0 Å². The van der Waals surface area contributed by atoms with E-state index >= 15 is 0 Å². The fourth-order valence-electron chi connectivity index (χ4n) is 3.98. The summed E-state index contributed by atoms with van der Waals surface area (Å²) in [5.41, 5.74) is 0.901. The lowest BCUT2D eigenvalue weighted by Crippen LogP contribution is -2.52. The van der Waals surface area contributed by atoms with Gasteiger partial charge in [0.15, 0.2) is 0 Å². The lowest BCUT2D eigenvalue weighted by atomic mass is 9.55. The molecule has 2 rings (SSSR count). The Balaban J connectivity index is 2.15. The predicted molar refractivity (Wildman–Crippen MR) is 67.3 cm³/mol. The van der Waals surface area contributed by atoms with Crippen LogP contribution in [0.2, 0.25) is 0 Å². The zero-order valence-corrected chi connectivity index (χ0v) is 11.1. The van der Waals surface area contributed by atoms with Gasteiger partial charge in [0, 0.05) is 0 Å². The Kier molecular flexibility index (Phi) is 3.33. The number of rotatable bonds is 0.